The monoisotopic (exact) mass is 428 g/mol. The van der Waals surface area contributed by atoms with Gasteiger partial charge >= 0.3 is 0 Å². The van der Waals surface area contributed by atoms with E-state index in [1.807, 2.05) is 0 Å². The highest BCUT2D eigenvalue weighted by Gasteiger charge is 2.30. The van der Waals surface area contributed by atoms with Gasteiger partial charge in [-0.15, -0.1) is 0 Å². The van der Waals surface area contributed by atoms with E-state index in [0.29, 0.717) is 41.0 Å². The first-order valence-corrected chi connectivity index (χ1v) is 10.8. The van der Waals surface area contributed by atoms with Gasteiger partial charge in [0.1, 0.15) is 12.0 Å². The maximum absolute atomic E-state index is 14.6. The molecule has 0 unspecified atom stereocenters. The number of nitrogens with zero attached hydrogens (tertiary/aromatic N) is 4. The zero-order valence-corrected chi connectivity index (χ0v) is 17.4. The third-order valence-electron chi connectivity index (χ3n) is 6.49. The lowest BCUT2D eigenvalue weighted by molar-refractivity contribution is 0.0440. The van der Waals surface area contributed by atoms with E-state index in [0.717, 1.165) is 32.2 Å². The van der Waals surface area contributed by atoms with Crippen molar-refractivity contribution in [2.24, 2.45) is 13.0 Å². The van der Waals surface area contributed by atoms with Crippen LogP contribution in [-0.2, 0) is 7.05 Å². The van der Waals surface area contributed by atoms with Crippen LogP contribution in [0.4, 0.5) is 8.78 Å². The van der Waals surface area contributed by atoms with Gasteiger partial charge in [-0.2, -0.15) is 10.2 Å². The first-order chi connectivity index (χ1) is 15.0. The molecule has 2 aromatic heterocycles. The molecule has 1 aliphatic heterocycles. The predicted octanol–water partition coefficient (Wildman–Crippen LogP) is 3.04. The number of hydrogen-bond acceptors (Lipinski definition) is 4. The number of benzene rings is 1. The highest BCUT2D eigenvalue weighted by Crippen LogP contribution is 2.30. The van der Waals surface area contributed by atoms with Crippen molar-refractivity contribution in [3.63, 3.8) is 0 Å². The summed E-state index contributed by atoms with van der Waals surface area (Å²) in [6.07, 6.45) is 6.52. The number of carbonyl (C=O) groups excluding carboxylic acids is 1. The first-order valence-electron chi connectivity index (χ1n) is 10.8. The highest BCUT2D eigenvalue weighted by molar-refractivity contribution is 6.05. The minimum atomic E-state index is -0.661. The van der Waals surface area contributed by atoms with E-state index in [4.69, 9.17) is 0 Å². The Kier molecular flexibility index (Phi) is 5.21. The number of hydrogen-bond donors (Lipinski definition) is 2. The van der Waals surface area contributed by atoms with Gasteiger partial charge in [-0.3, -0.25) is 19.5 Å². The minimum Gasteiger partial charge on any atom is -0.348 e. The molecule has 5 rings (SSSR count). The number of aromatic amines is 1. The number of rotatable bonds is 5. The molecule has 7 nitrogen and oxygen atoms in total. The average molecular weight is 428 g/mol. The minimum absolute atomic E-state index is 0.0963. The number of halogens is 2. The molecule has 9 heteroatoms. The Labute approximate surface area is 178 Å². The van der Waals surface area contributed by atoms with Crippen LogP contribution in [0.1, 0.15) is 36.2 Å². The molecule has 0 bridgehead atoms. The molecule has 0 radical (unpaired) electrons. The molecule has 1 amide bonds. The van der Waals surface area contributed by atoms with Crippen molar-refractivity contribution in [1.29, 1.82) is 0 Å². The summed E-state index contributed by atoms with van der Waals surface area (Å²) in [5, 5.41) is 14.7. The molecule has 31 heavy (non-hydrogen) atoms. The SMILES string of the molecule is Cn1cc(-c2cc3c(C(=O)NC4CCC(CN5CC(F)C5)CC4)n[nH]c3cc2F)cn1. The summed E-state index contributed by atoms with van der Waals surface area (Å²) in [6, 6.07) is 3.12. The molecule has 1 saturated heterocycles. The Bertz CT molecular complexity index is 1090. The summed E-state index contributed by atoms with van der Waals surface area (Å²) < 4.78 is 29.2. The Hall–Kier alpha value is -2.81. The summed E-state index contributed by atoms with van der Waals surface area (Å²) >= 11 is 0. The molecule has 2 N–H and O–H groups in total. The van der Waals surface area contributed by atoms with Gasteiger partial charge in [-0.1, -0.05) is 0 Å². The molecule has 3 heterocycles. The smallest absolute Gasteiger partial charge is 0.272 e. The Morgan fingerprint density at radius 3 is 2.71 bits per heavy atom. The van der Waals surface area contributed by atoms with Crippen LogP contribution in [0.5, 0.6) is 0 Å². The lowest BCUT2D eigenvalue weighted by Gasteiger charge is -2.39. The highest BCUT2D eigenvalue weighted by atomic mass is 19.1. The van der Waals surface area contributed by atoms with Crippen LogP contribution in [-0.4, -0.2) is 62.6 Å². The van der Waals surface area contributed by atoms with Gasteiger partial charge in [0.2, 0.25) is 0 Å². The van der Waals surface area contributed by atoms with Gasteiger partial charge in [0.25, 0.3) is 5.91 Å². The van der Waals surface area contributed by atoms with Crippen molar-refractivity contribution >= 4 is 16.8 Å². The maximum atomic E-state index is 14.6. The molecule has 1 saturated carbocycles. The molecular weight excluding hydrogens is 402 g/mol. The fourth-order valence-electron chi connectivity index (χ4n) is 4.76. The molecule has 0 spiro atoms. The number of aryl methyl sites for hydroxylation is 1. The molecule has 2 fully saturated rings. The van der Waals surface area contributed by atoms with Crippen molar-refractivity contribution in [3.05, 3.63) is 36.0 Å². The number of H-pyrrole nitrogens is 1. The summed E-state index contributed by atoms with van der Waals surface area (Å²) in [4.78, 5) is 15.1. The topological polar surface area (TPSA) is 78.8 Å². The molecular formula is C22H26F2N6O. The Balaban J connectivity index is 1.26. The number of amides is 1. The second-order valence-corrected chi connectivity index (χ2v) is 8.86. The number of likely N-dealkylation sites (tertiary alicyclic amines) is 1. The third-order valence-corrected chi connectivity index (χ3v) is 6.49. The van der Waals surface area contributed by atoms with Gasteiger partial charge in [0.05, 0.1) is 11.7 Å². The normalized spacial score (nSPS) is 22.5. The molecule has 1 aliphatic carbocycles. The van der Waals surface area contributed by atoms with Crippen LogP contribution in [0.25, 0.3) is 22.0 Å². The van der Waals surface area contributed by atoms with E-state index < -0.39 is 12.0 Å². The summed E-state index contributed by atoms with van der Waals surface area (Å²) in [5.41, 5.74) is 1.80. The third kappa shape index (κ3) is 4.06. The van der Waals surface area contributed by atoms with Gasteiger partial charge in [-0.25, -0.2) is 8.78 Å². The molecule has 0 atom stereocenters. The van der Waals surface area contributed by atoms with Crippen LogP contribution < -0.4 is 5.32 Å². The number of carbonyl (C=O) groups is 1. The zero-order valence-electron chi connectivity index (χ0n) is 17.4. The van der Waals surface area contributed by atoms with Crippen LogP contribution in [0.3, 0.4) is 0 Å². The summed E-state index contributed by atoms with van der Waals surface area (Å²) in [7, 11) is 1.77. The van der Waals surface area contributed by atoms with Crippen LogP contribution in [0, 0.1) is 11.7 Å². The van der Waals surface area contributed by atoms with Crippen molar-refractivity contribution < 1.29 is 13.6 Å². The van der Waals surface area contributed by atoms with Crippen LogP contribution in [0.15, 0.2) is 24.5 Å². The van der Waals surface area contributed by atoms with Gasteiger partial charge < -0.3 is 5.32 Å². The second-order valence-electron chi connectivity index (χ2n) is 8.86. The standard InChI is InChI=1S/C22H26F2N6O/c1-29-10-14(8-25-29)17-6-18-20(7-19(17)24)27-28-21(18)22(31)26-16-4-2-13(3-5-16)9-30-11-15(23)12-30/h6-8,10,13,15-16H,2-5,9,11-12H2,1H3,(H,26,31)(H,27,28). The van der Waals surface area contributed by atoms with Crippen molar-refractivity contribution in [1.82, 2.24) is 30.2 Å². The average Bonchev–Trinajstić information content (AvgIpc) is 3.33. The Morgan fingerprint density at radius 1 is 1.26 bits per heavy atom. The lowest BCUT2D eigenvalue weighted by atomic mass is 9.85. The maximum Gasteiger partial charge on any atom is 0.272 e. The van der Waals surface area contributed by atoms with Crippen molar-refractivity contribution in [2.75, 3.05) is 19.6 Å². The summed E-state index contributed by atoms with van der Waals surface area (Å²) in [6.45, 7) is 2.07. The molecule has 164 valence electrons. The van der Waals surface area contributed by atoms with E-state index in [1.54, 1.807) is 30.2 Å². The second kappa shape index (κ2) is 8.03. The lowest BCUT2D eigenvalue weighted by Crippen LogP contribution is -2.50. The summed E-state index contributed by atoms with van der Waals surface area (Å²) in [5.74, 6) is -0.0749. The van der Waals surface area contributed by atoms with Gasteiger partial charge in [0.15, 0.2) is 5.69 Å². The van der Waals surface area contributed by atoms with E-state index in [1.165, 1.54) is 6.07 Å². The van der Waals surface area contributed by atoms with E-state index in [9.17, 15) is 13.6 Å². The fourth-order valence-corrected chi connectivity index (χ4v) is 4.76. The van der Waals surface area contributed by atoms with E-state index in [2.05, 4.69) is 25.5 Å². The molecule has 2 aliphatic rings. The fraction of sp³-hybridized carbons (Fsp3) is 0.500. The zero-order chi connectivity index (χ0) is 21.5. The number of aromatic nitrogens is 4. The van der Waals surface area contributed by atoms with E-state index in [-0.39, 0.29) is 17.6 Å². The van der Waals surface area contributed by atoms with Crippen molar-refractivity contribution in [2.45, 2.75) is 37.9 Å². The molecule has 1 aromatic carbocycles. The quantitative estimate of drug-likeness (QED) is 0.655. The number of nitrogens with one attached hydrogen (secondary N) is 2. The number of alkyl halides is 1. The molecule has 3 aromatic rings. The van der Waals surface area contributed by atoms with Crippen LogP contribution in [0.2, 0.25) is 0 Å². The van der Waals surface area contributed by atoms with Gasteiger partial charge in [0, 0.05) is 61.5 Å². The van der Waals surface area contributed by atoms with Gasteiger partial charge in [-0.05, 0) is 37.7 Å². The van der Waals surface area contributed by atoms with Crippen molar-refractivity contribution in [3.8, 4) is 11.1 Å². The largest absolute Gasteiger partial charge is 0.348 e. The number of fused-ring (bicyclic) bond motifs is 1. The van der Waals surface area contributed by atoms with E-state index >= 15 is 0 Å². The Morgan fingerprint density at radius 2 is 2.03 bits per heavy atom. The predicted molar refractivity (Wildman–Crippen MR) is 113 cm³/mol. The first kappa shape index (κ1) is 20.1. The van der Waals surface area contributed by atoms with Crippen LogP contribution >= 0.6 is 0 Å².